The number of anilines is 1. The average Bonchev–Trinajstić information content (AvgIpc) is 3.31. The zero-order chi connectivity index (χ0) is 25.7. The SMILES string of the molecule is C/C=c1/c(C2CCC(NC(C(N)=O)C3CCN(C(=O)Nc4cccc(F)c4)CC3)CC2)c[nH]/c1=C/C. The summed E-state index contributed by atoms with van der Waals surface area (Å²) >= 11 is 0. The average molecular weight is 496 g/mol. The molecule has 194 valence electrons. The number of hydrogen-bond donors (Lipinski definition) is 4. The van der Waals surface area contributed by atoms with Crippen molar-refractivity contribution < 1.29 is 14.0 Å². The zero-order valence-electron chi connectivity index (χ0n) is 21.2. The number of nitrogens with one attached hydrogen (secondary N) is 3. The number of rotatable bonds is 6. The summed E-state index contributed by atoms with van der Waals surface area (Å²) in [5, 5.41) is 8.81. The van der Waals surface area contributed by atoms with Crippen molar-refractivity contribution in [2.75, 3.05) is 18.4 Å². The minimum atomic E-state index is -0.395. The highest BCUT2D eigenvalue weighted by molar-refractivity contribution is 5.89. The van der Waals surface area contributed by atoms with E-state index in [9.17, 15) is 14.0 Å². The van der Waals surface area contributed by atoms with E-state index in [1.54, 1.807) is 17.0 Å². The molecule has 1 aliphatic heterocycles. The van der Waals surface area contributed by atoms with Gasteiger partial charge in [0.1, 0.15) is 5.82 Å². The first-order valence-electron chi connectivity index (χ1n) is 13.1. The second-order valence-corrected chi connectivity index (χ2v) is 10.0. The molecule has 2 fully saturated rings. The molecule has 1 saturated heterocycles. The van der Waals surface area contributed by atoms with Crippen LogP contribution in [0.25, 0.3) is 12.2 Å². The molecule has 2 aliphatic rings. The van der Waals surface area contributed by atoms with Gasteiger partial charge in [0.15, 0.2) is 0 Å². The van der Waals surface area contributed by atoms with Gasteiger partial charge in [0.2, 0.25) is 5.91 Å². The number of benzene rings is 1. The van der Waals surface area contributed by atoms with Crippen molar-refractivity contribution in [1.82, 2.24) is 15.2 Å². The van der Waals surface area contributed by atoms with E-state index in [4.69, 9.17) is 5.73 Å². The van der Waals surface area contributed by atoms with Gasteiger partial charge >= 0.3 is 6.03 Å². The van der Waals surface area contributed by atoms with Gasteiger partial charge in [0, 0.05) is 36.4 Å². The molecule has 1 aromatic heterocycles. The Morgan fingerprint density at radius 3 is 2.44 bits per heavy atom. The highest BCUT2D eigenvalue weighted by Crippen LogP contribution is 2.32. The molecule has 0 bridgehead atoms. The number of aromatic amines is 1. The van der Waals surface area contributed by atoms with E-state index in [-0.39, 0.29) is 23.9 Å². The first-order valence-corrected chi connectivity index (χ1v) is 13.1. The predicted octanol–water partition coefficient (Wildman–Crippen LogP) is 3.17. The second-order valence-electron chi connectivity index (χ2n) is 10.0. The minimum absolute atomic E-state index is 0.0899. The number of hydrogen-bond acceptors (Lipinski definition) is 3. The number of nitrogens with zero attached hydrogens (tertiary/aromatic N) is 1. The standard InChI is InChI=1S/C28H38FN5O2/c1-3-23-24(17-31-25(23)4-2)18-8-10-21(11-9-18)32-26(27(30)35)19-12-14-34(15-13-19)28(36)33-22-7-5-6-20(29)16-22/h3-7,16-19,21,26,31-32H,8-15H2,1-2H3,(H2,30,35)(H,33,36)/b23-3-,25-4+. The number of H-pyrrole nitrogens is 1. The lowest BCUT2D eigenvalue weighted by Gasteiger charge is -2.38. The van der Waals surface area contributed by atoms with Crippen molar-refractivity contribution in [3.8, 4) is 0 Å². The third kappa shape index (κ3) is 5.98. The van der Waals surface area contributed by atoms with Crippen molar-refractivity contribution in [3.05, 3.63) is 52.4 Å². The van der Waals surface area contributed by atoms with Crippen LogP contribution < -0.4 is 26.9 Å². The number of aromatic nitrogens is 1. The quantitative estimate of drug-likeness (QED) is 0.495. The molecule has 1 saturated carbocycles. The van der Waals surface area contributed by atoms with Crippen molar-refractivity contribution >= 4 is 29.8 Å². The van der Waals surface area contributed by atoms with Crippen molar-refractivity contribution in [2.24, 2.45) is 11.7 Å². The van der Waals surface area contributed by atoms with E-state index in [1.807, 2.05) is 0 Å². The molecule has 2 aromatic rings. The van der Waals surface area contributed by atoms with E-state index in [2.05, 4.69) is 47.8 Å². The fraction of sp³-hybridized carbons (Fsp3) is 0.500. The Morgan fingerprint density at radius 2 is 1.83 bits per heavy atom. The molecule has 8 heteroatoms. The smallest absolute Gasteiger partial charge is 0.321 e. The number of amides is 3. The lowest BCUT2D eigenvalue weighted by Crippen LogP contribution is -2.54. The zero-order valence-corrected chi connectivity index (χ0v) is 21.2. The molecule has 7 nitrogen and oxygen atoms in total. The molecule has 4 rings (SSSR count). The number of nitrogens with two attached hydrogens (primary N) is 1. The van der Waals surface area contributed by atoms with Gasteiger partial charge in [-0.15, -0.1) is 0 Å². The molecular weight excluding hydrogens is 457 g/mol. The second kappa shape index (κ2) is 11.7. The van der Waals surface area contributed by atoms with Gasteiger partial charge in [-0.05, 0) is 93.2 Å². The lowest BCUT2D eigenvalue weighted by molar-refractivity contribution is -0.122. The summed E-state index contributed by atoms with van der Waals surface area (Å²) < 4.78 is 13.4. The van der Waals surface area contributed by atoms with Crippen LogP contribution >= 0.6 is 0 Å². The summed E-state index contributed by atoms with van der Waals surface area (Å²) in [4.78, 5) is 30.1. The maximum atomic E-state index is 13.4. The normalized spacial score (nSPS) is 23.0. The number of carbonyl (C=O) groups excluding carboxylic acids is 2. The van der Waals surface area contributed by atoms with Crippen LogP contribution in [0.15, 0.2) is 30.5 Å². The van der Waals surface area contributed by atoms with E-state index in [0.29, 0.717) is 37.5 Å². The molecule has 0 radical (unpaired) electrons. The van der Waals surface area contributed by atoms with Crippen LogP contribution in [0, 0.1) is 11.7 Å². The van der Waals surface area contributed by atoms with Crippen molar-refractivity contribution in [1.29, 1.82) is 0 Å². The van der Waals surface area contributed by atoms with Crippen LogP contribution in [0.3, 0.4) is 0 Å². The number of piperidine rings is 1. The fourth-order valence-corrected chi connectivity index (χ4v) is 5.85. The summed E-state index contributed by atoms with van der Waals surface area (Å²) in [6, 6.07) is 5.48. The van der Waals surface area contributed by atoms with Crippen LogP contribution in [0.4, 0.5) is 14.9 Å². The van der Waals surface area contributed by atoms with Gasteiger partial charge in [-0.25, -0.2) is 9.18 Å². The molecule has 0 spiro atoms. The van der Waals surface area contributed by atoms with Gasteiger partial charge in [-0.3, -0.25) is 4.79 Å². The summed E-state index contributed by atoms with van der Waals surface area (Å²) in [5.41, 5.74) is 7.65. The summed E-state index contributed by atoms with van der Waals surface area (Å²) in [6.07, 6.45) is 12.0. The van der Waals surface area contributed by atoms with Crippen LogP contribution in [0.5, 0.6) is 0 Å². The van der Waals surface area contributed by atoms with E-state index < -0.39 is 11.9 Å². The lowest BCUT2D eigenvalue weighted by atomic mass is 9.81. The minimum Gasteiger partial charge on any atom is -0.368 e. The Kier molecular flexibility index (Phi) is 8.46. The Bertz CT molecular complexity index is 1180. The molecule has 1 unspecified atom stereocenters. The van der Waals surface area contributed by atoms with Gasteiger partial charge in [-0.1, -0.05) is 18.2 Å². The molecule has 1 aliphatic carbocycles. The van der Waals surface area contributed by atoms with Crippen LogP contribution in [-0.2, 0) is 4.79 Å². The van der Waals surface area contributed by atoms with Gasteiger partial charge in [0.05, 0.1) is 6.04 Å². The third-order valence-corrected chi connectivity index (χ3v) is 7.82. The highest BCUT2D eigenvalue weighted by Gasteiger charge is 2.34. The van der Waals surface area contributed by atoms with E-state index >= 15 is 0 Å². The Morgan fingerprint density at radius 1 is 1.11 bits per heavy atom. The molecular formula is C28H38FN5O2. The largest absolute Gasteiger partial charge is 0.368 e. The number of primary amides is 1. The van der Waals surface area contributed by atoms with Crippen molar-refractivity contribution in [3.63, 3.8) is 0 Å². The first kappa shape index (κ1) is 25.9. The van der Waals surface area contributed by atoms with Crippen LogP contribution in [-0.4, -0.2) is 47.0 Å². The first-order chi connectivity index (χ1) is 17.4. The number of likely N-dealkylation sites (tertiary alicyclic amines) is 1. The molecule has 1 atom stereocenters. The van der Waals surface area contributed by atoms with Gasteiger partial charge in [0.25, 0.3) is 0 Å². The molecule has 5 N–H and O–H groups in total. The maximum Gasteiger partial charge on any atom is 0.321 e. The van der Waals surface area contributed by atoms with Crippen molar-refractivity contribution in [2.45, 2.75) is 70.4 Å². The molecule has 1 aromatic carbocycles. The predicted molar refractivity (Wildman–Crippen MR) is 141 cm³/mol. The van der Waals surface area contributed by atoms with Gasteiger partial charge in [-0.2, -0.15) is 0 Å². The number of halogens is 1. The summed E-state index contributed by atoms with van der Waals surface area (Å²) in [5.74, 6) is -0.105. The Hall–Kier alpha value is -3.13. The molecule has 3 amide bonds. The molecule has 36 heavy (non-hydrogen) atoms. The Labute approximate surface area is 212 Å². The van der Waals surface area contributed by atoms with Crippen LogP contribution in [0.2, 0.25) is 0 Å². The summed E-state index contributed by atoms with van der Waals surface area (Å²) in [7, 11) is 0. The number of carbonyl (C=O) groups is 2. The van der Waals surface area contributed by atoms with E-state index in [0.717, 1.165) is 25.7 Å². The third-order valence-electron chi connectivity index (χ3n) is 7.82. The van der Waals surface area contributed by atoms with E-state index in [1.165, 1.54) is 28.3 Å². The maximum absolute atomic E-state index is 13.4. The van der Waals surface area contributed by atoms with Crippen LogP contribution in [0.1, 0.15) is 63.9 Å². The molecule has 2 heterocycles. The Balaban J connectivity index is 1.29. The fourth-order valence-electron chi connectivity index (χ4n) is 5.85. The monoisotopic (exact) mass is 495 g/mol. The number of urea groups is 1. The van der Waals surface area contributed by atoms with Gasteiger partial charge < -0.3 is 26.3 Å². The highest BCUT2D eigenvalue weighted by atomic mass is 19.1. The summed E-state index contributed by atoms with van der Waals surface area (Å²) in [6.45, 7) is 5.20. The topological polar surface area (TPSA) is 103 Å².